The smallest absolute Gasteiger partial charge is 0.240 e. The van der Waals surface area contributed by atoms with Crippen LogP contribution in [-0.4, -0.2) is 21.6 Å². The predicted octanol–water partition coefficient (Wildman–Crippen LogP) is 3.31. The van der Waals surface area contributed by atoms with Gasteiger partial charge in [-0.1, -0.05) is 38.1 Å². The molecule has 0 spiro atoms. The van der Waals surface area contributed by atoms with E-state index < -0.39 is 15.8 Å². The first-order chi connectivity index (χ1) is 10.9. The second-order valence-corrected chi connectivity index (χ2v) is 7.16. The van der Waals surface area contributed by atoms with Gasteiger partial charge in [-0.3, -0.25) is 0 Å². The summed E-state index contributed by atoms with van der Waals surface area (Å²) in [5, 5.41) is 0. The van der Waals surface area contributed by atoms with Gasteiger partial charge in [-0.25, -0.2) is 17.5 Å². The quantitative estimate of drug-likeness (QED) is 0.789. The zero-order valence-electron chi connectivity index (χ0n) is 13.1. The molecule has 1 N–H and O–H groups in total. The summed E-state index contributed by atoms with van der Waals surface area (Å²) in [6, 6.07) is 12.5. The highest BCUT2D eigenvalue weighted by atomic mass is 32.2. The standard InChI is InChI=1S/C17H20FNO3S/c1-13(2)16-8-3-4-9-17(16)22-11-10-19-23(20,21)15-7-5-6-14(18)12-15/h3-9,12-13,19H,10-11H2,1-2H3. The van der Waals surface area contributed by atoms with Gasteiger partial charge in [0.15, 0.2) is 0 Å². The molecule has 0 aliphatic rings. The van der Waals surface area contributed by atoms with Crippen molar-refractivity contribution in [1.82, 2.24) is 4.72 Å². The van der Waals surface area contributed by atoms with Crippen LogP contribution in [0, 0.1) is 5.82 Å². The molecule has 2 rings (SSSR count). The van der Waals surface area contributed by atoms with Crippen LogP contribution in [-0.2, 0) is 10.0 Å². The van der Waals surface area contributed by atoms with Crippen molar-refractivity contribution in [2.24, 2.45) is 0 Å². The fraction of sp³-hybridized carbons (Fsp3) is 0.294. The van der Waals surface area contributed by atoms with Gasteiger partial charge in [0.05, 0.1) is 4.90 Å². The fourth-order valence-corrected chi connectivity index (χ4v) is 3.19. The van der Waals surface area contributed by atoms with Crippen LogP contribution in [0.25, 0.3) is 0 Å². The number of ether oxygens (including phenoxy) is 1. The van der Waals surface area contributed by atoms with Crippen molar-refractivity contribution >= 4 is 10.0 Å². The molecule has 0 aliphatic carbocycles. The Balaban J connectivity index is 1.93. The van der Waals surface area contributed by atoms with Gasteiger partial charge in [-0.05, 0) is 35.7 Å². The Morgan fingerprint density at radius 1 is 1.13 bits per heavy atom. The lowest BCUT2D eigenvalue weighted by atomic mass is 10.0. The van der Waals surface area contributed by atoms with Gasteiger partial charge in [0.2, 0.25) is 10.0 Å². The SMILES string of the molecule is CC(C)c1ccccc1OCCNS(=O)(=O)c1cccc(F)c1. The maximum atomic E-state index is 13.1. The molecule has 0 saturated heterocycles. The van der Waals surface area contributed by atoms with Crippen molar-refractivity contribution < 1.29 is 17.5 Å². The first-order valence-corrected chi connectivity index (χ1v) is 8.85. The predicted molar refractivity (Wildman–Crippen MR) is 87.6 cm³/mol. The number of halogens is 1. The summed E-state index contributed by atoms with van der Waals surface area (Å²) in [7, 11) is -3.73. The minimum atomic E-state index is -3.73. The molecule has 0 aliphatic heterocycles. The molecule has 0 radical (unpaired) electrons. The second-order valence-electron chi connectivity index (χ2n) is 5.40. The minimum Gasteiger partial charge on any atom is -0.492 e. The third-order valence-electron chi connectivity index (χ3n) is 3.30. The molecule has 0 aromatic heterocycles. The maximum Gasteiger partial charge on any atom is 0.240 e. The summed E-state index contributed by atoms with van der Waals surface area (Å²) >= 11 is 0. The lowest BCUT2D eigenvalue weighted by Crippen LogP contribution is -2.28. The molecule has 0 fully saturated rings. The second kappa shape index (κ2) is 7.57. The first kappa shape index (κ1) is 17.4. The van der Waals surface area contributed by atoms with Gasteiger partial charge >= 0.3 is 0 Å². The van der Waals surface area contributed by atoms with E-state index in [9.17, 15) is 12.8 Å². The van der Waals surface area contributed by atoms with E-state index in [2.05, 4.69) is 18.6 Å². The highest BCUT2D eigenvalue weighted by Gasteiger charge is 2.14. The number of hydrogen-bond acceptors (Lipinski definition) is 3. The molecule has 23 heavy (non-hydrogen) atoms. The van der Waals surface area contributed by atoms with E-state index in [0.29, 0.717) is 5.92 Å². The largest absolute Gasteiger partial charge is 0.492 e. The van der Waals surface area contributed by atoms with Crippen LogP contribution >= 0.6 is 0 Å². The van der Waals surface area contributed by atoms with Crippen molar-refractivity contribution in [3.63, 3.8) is 0 Å². The Bertz CT molecular complexity index is 760. The molecule has 0 saturated carbocycles. The molecule has 2 aromatic rings. The van der Waals surface area contributed by atoms with Crippen LogP contribution in [0.3, 0.4) is 0 Å². The van der Waals surface area contributed by atoms with E-state index in [-0.39, 0.29) is 18.0 Å². The number of benzene rings is 2. The van der Waals surface area contributed by atoms with Crippen LogP contribution in [0.2, 0.25) is 0 Å². The van der Waals surface area contributed by atoms with Gasteiger partial charge in [-0.2, -0.15) is 0 Å². The maximum absolute atomic E-state index is 13.1. The molecule has 0 unspecified atom stereocenters. The third-order valence-corrected chi connectivity index (χ3v) is 4.76. The van der Waals surface area contributed by atoms with Gasteiger partial charge in [0.25, 0.3) is 0 Å². The number of nitrogens with one attached hydrogen (secondary N) is 1. The van der Waals surface area contributed by atoms with Crippen LogP contribution in [0.1, 0.15) is 25.3 Å². The lowest BCUT2D eigenvalue weighted by Gasteiger charge is -2.14. The zero-order valence-corrected chi connectivity index (χ0v) is 13.9. The summed E-state index contributed by atoms with van der Waals surface area (Å²) in [6.45, 7) is 4.42. The summed E-state index contributed by atoms with van der Waals surface area (Å²) < 4.78 is 45.2. The lowest BCUT2D eigenvalue weighted by molar-refractivity contribution is 0.318. The Labute approximate surface area is 136 Å². The molecular weight excluding hydrogens is 317 g/mol. The average Bonchev–Trinajstić information content (AvgIpc) is 2.52. The van der Waals surface area contributed by atoms with Gasteiger partial charge in [0.1, 0.15) is 18.2 Å². The molecule has 0 heterocycles. The van der Waals surface area contributed by atoms with Gasteiger partial charge < -0.3 is 4.74 Å². The van der Waals surface area contributed by atoms with E-state index >= 15 is 0 Å². The molecule has 0 amide bonds. The first-order valence-electron chi connectivity index (χ1n) is 7.37. The third kappa shape index (κ3) is 4.77. The summed E-state index contributed by atoms with van der Waals surface area (Å²) in [6.07, 6.45) is 0. The molecule has 124 valence electrons. The Morgan fingerprint density at radius 3 is 2.57 bits per heavy atom. The number of hydrogen-bond donors (Lipinski definition) is 1. The van der Waals surface area contributed by atoms with Crippen LogP contribution in [0.15, 0.2) is 53.4 Å². The molecule has 0 bridgehead atoms. The van der Waals surface area contributed by atoms with E-state index in [4.69, 9.17) is 4.74 Å². The fourth-order valence-electron chi connectivity index (χ4n) is 2.14. The molecule has 2 aromatic carbocycles. The Morgan fingerprint density at radius 2 is 1.87 bits per heavy atom. The molecular formula is C17H20FNO3S. The number of para-hydroxylation sites is 1. The van der Waals surface area contributed by atoms with Crippen molar-refractivity contribution in [1.29, 1.82) is 0 Å². The number of sulfonamides is 1. The molecule has 4 nitrogen and oxygen atoms in total. The van der Waals surface area contributed by atoms with Crippen molar-refractivity contribution in [3.05, 3.63) is 59.9 Å². The zero-order chi connectivity index (χ0) is 16.9. The van der Waals surface area contributed by atoms with Crippen molar-refractivity contribution in [2.45, 2.75) is 24.7 Å². The topological polar surface area (TPSA) is 55.4 Å². The summed E-state index contributed by atoms with van der Waals surface area (Å²) in [5.74, 6) is 0.470. The molecule has 6 heteroatoms. The Hall–Kier alpha value is -1.92. The van der Waals surface area contributed by atoms with Crippen LogP contribution in [0.5, 0.6) is 5.75 Å². The summed E-state index contributed by atoms with van der Waals surface area (Å²) in [5.41, 5.74) is 1.07. The van der Waals surface area contributed by atoms with Gasteiger partial charge in [-0.15, -0.1) is 0 Å². The monoisotopic (exact) mass is 337 g/mol. The van der Waals surface area contributed by atoms with Crippen LogP contribution in [0.4, 0.5) is 4.39 Å². The van der Waals surface area contributed by atoms with E-state index in [1.54, 1.807) is 0 Å². The molecule has 0 atom stereocenters. The van der Waals surface area contributed by atoms with Crippen LogP contribution < -0.4 is 9.46 Å². The van der Waals surface area contributed by atoms with Crippen molar-refractivity contribution in [2.75, 3.05) is 13.2 Å². The Kier molecular flexibility index (Phi) is 5.74. The highest BCUT2D eigenvalue weighted by Crippen LogP contribution is 2.25. The van der Waals surface area contributed by atoms with E-state index in [0.717, 1.165) is 17.4 Å². The van der Waals surface area contributed by atoms with Gasteiger partial charge in [0, 0.05) is 6.54 Å². The highest BCUT2D eigenvalue weighted by molar-refractivity contribution is 7.89. The van der Waals surface area contributed by atoms with E-state index in [1.165, 1.54) is 18.2 Å². The minimum absolute atomic E-state index is 0.0971. The van der Waals surface area contributed by atoms with Crippen molar-refractivity contribution in [3.8, 4) is 5.75 Å². The summed E-state index contributed by atoms with van der Waals surface area (Å²) in [4.78, 5) is -0.0971. The average molecular weight is 337 g/mol. The number of rotatable bonds is 7. The normalized spacial score (nSPS) is 11.7. The van der Waals surface area contributed by atoms with E-state index in [1.807, 2.05) is 24.3 Å².